The number of piperidine rings is 1. The Balaban J connectivity index is 1.95. The summed E-state index contributed by atoms with van der Waals surface area (Å²) in [4.78, 5) is 17.5. The largest absolute Gasteiger partial charge is 0.490 e. The van der Waals surface area contributed by atoms with Crippen molar-refractivity contribution in [2.24, 2.45) is 5.41 Å². The van der Waals surface area contributed by atoms with Gasteiger partial charge in [-0.25, -0.2) is 4.79 Å². The summed E-state index contributed by atoms with van der Waals surface area (Å²) in [6.45, 7) is 9.42. The van der Waals surface area contributed by atoms with Crippen molar-refractivity contribution in [1.82, 2.24) is 5.06 Å². The second kappa shape index (κ2) is 7.68. The second-order valence-electron chi connectivity index (χ2n) is 6.78. The van der Waals surface area contributed by atoms with Gasteiger partial charge in [-0.2, -0.15) is 0 Å². The van der Waals surface area contributed by atoms with Gasteiger partial charge in [-0.05, 0) is 52.7 Å². The Hall–Kier alpha value is -1.75. The van der Waals surface area contributed by atoms with E-state index in [2.05, 4.69) is 0 Å². The first-order chi connectivity index (χ1) is 10.9. The summed E-state index contributed by atoms with van der Waals surface area (Å²) in [7, 11) is 0. The van der Waals surface area contributed by atoms with E-state index < -0.39 is 5.41 Å². The van der Waals surface area contributed by atoms with E-state index in [1.54, 1.807) is 5.06 Å². The molecule has 1 aliphatic rings. The molecule has 0 N–H and O–H groups in total. The summed E-state index contributed by atoms with van der Waals surface area (Å²) in [5, 5.41) is 1.71. The average molecular weight is 321 g/mol. The lowest BCUT2D eigenvalue weighted by molar-refractivity contribution is -0.209. The first-order valence-electron chi connectivity index (χ1n) is 8.26. The molecule has 0 aromatic heterocycles. The van der Waals surface area contributed by atoms with Gasteiger partial charge in [-0.3, -0.25) is 0 Å². The van der Waals surface area contributed by atoms with E-state index in [0.717, 1.165) is 30.9 Å². The van der Waals surface area contributed by atoms with Gasteiger partial charge in [-0.1, -0.05) is 12.1 Å². The molecule has 5 heteroatoms. The minimum atomic E-state index is -0.505. The minimum absolute atomic E-state index is 0.0156. The van der Waals surface area contributed by atoms with Gasteiger partial charge in [0.25, 0.3) is 0 Å². The van der Waals surface area contributed by atoms with Crippen LogP contribution in [0.4, 0.5) is 0 Å². The molecule has 1 aromatic carbocycles. The zero-order chi connectivity index (χ0) is 16.9. The average Bonchev–Trinajstić information content (AvgIpc) is 2.49. The molecule has 1 atom stereocenters. The van der Waals surface area contributed by atoms with E-state index >= 15 is 0 Å². The number of hydroxylamine groups is 2. The summed E-state index contributed by atoms with van der Waals surface area (Å²) in [6, 6.07) is 7.67. The predicted octanol–water partition coefficient (Wildman–Crippen LogP) is 3.43. The molecular weight excluding hydrogens is 294 g/mol. The Morgan fingerprint density at radius 2 is 1.96 bits per heavy atom. The number of hydrogen-bond donors (Lipinski definition) is 0. The maximum Gasteiger partial charge on any atom is 0.330 e. The predicted molar refractivity (Wildman–Crippen MR) is 88.4 cm³/mol. The third-order valence-corrected chi connectivity index (χ3v) is 3.61. The van der Waals surface area contributed by atoms with E-state index in [1.165, 1.54) is 0 Å². The lowest BCUT2D eigenvalue weighted by Crippen LogP contribution is -2.43. The number of carbonyl (C=O) groups excluding carboxylic acids is 1. The third kappa shape index (κ3) is 5.13. The Morgan fingerprint density at radius 1 is 1.26 bits per heavy atom. The van der Waals surface area contributed by atoms with Crippen molar-refractivity contribution in [1.29, 1.82) is 0 Å². The van der Waals surface area contributed by atoms with Crippen LogP contribution in [0.2, 0.25) is 0 Å². The molecule has 1 aliphatic heterocycles. The number of nitrogens with zero attached hydrogens (tertiary/aromatic N) is 1. The molecule has 0 bridgehead atoms. The van der Waals surface area contributed by atoms with Crippen LogP contribution in [0, 0.1) is 5.41 Å². The van der Waals surface area contributed by atoms with Crippen LogP contribution in [-0.2, 0) is 9.63 Å². The SMILES string of the molecule is CCOc1ccccc1O[C@@H]1CCCN(OC(=O)C(C)(C)C)C1. The molecule has 128 valence electrons. The molecule has 0 spiro atoms. The normalized spacial score (nSPS) is 19.2. The fraction of sp³-hybridized carbons (Fsp3) is 0.611. The van der Waals surface area contributed by atoms with Crippen molar-refractivity contribution < 1.29 is 19.1 Å². The third-order valence-electron chi connectivity index (χ3n) is 3.61. The van der Waals surface area contributed by atoms with E-state index in [0.29, 0.717) is 13.2 Å². The number of ether oxygens (including phenoxy) is 2. The van der Waals surface area contributed by atoms with Gasteiger partial charge in [0.1, 0.15) is 6.10 Å². The van der Waals surface area contributed by atoms with Crippen LogP contribution in [-0.4, -0.2) is 36.8 Å². The van der Waals surface area contributed by atoms with Crippen molar-refractivity contribution in [3.8, 4) is 11.5 Å². The molecular formula is C18H27NO4. The number of rotatable bonds is 5. The fourth-order valence-electron chi connectivity index (χ4n) is 2.34. The molecule has 0 aliphatic carbocycles. The highest BCUT2D eigenvalue weighted by molar-refractivity contribution is 5.75. The second-order valence-corrected chi connectivity index (χ2v) is 6.78. The van der Waals surface area contributed by atoms with Crippen molar-refractivity contribution >= 4 is 5.97 Å². The maximum atomic E-state index is 12.0. The van der Waals surface area contributed by atoms with Gasteiger partial charge in [0.15, 0.2) is 11.5 Å². The summed E-state index contributed by atoms with van der Waals surface area (Å²) < 4.78 is 11.7. The summed E-state index contributed by atoms with van der Waals surface area (Å²) in [6.07, 6.45) is 1.85. The number of para-hydroxylation sites is 2. The van der Waals surface area contributed by atoms with Gasteiger partial charge in [0.05, 0.1) is 18.6 Å². The maximum absolute atomic E-state index is 12.0. The van der Waals surface area contributed by atoms with Crippen LogP contribution >= 0.6 is 0 Å². The van der Waals surface area contributed by atoms with Gasteiger partial charge >= 0.3 is 5.97 Å². The van der Waals surface area contributed by atoms with Gasteiger partial charge < -0.3 is 14.3 Å². The van der Waals surface area contributed by atoms with Crippen LogP contribution in [0.5, 0.6) is 11.5 Å². The van der Waals surface area contributed by atoms with Gasteiger partial charge in [0, 0.05) is 6.54 Å². The highest BCUT2D eigenvalue weighted by Gasteiger charge is 2.29. The Morgan fingerprint density at radius 3 is 2.61 bits per heavy atom. The van der Waals surface area contributed by atoms with Crippen molar-refractivity contribution in [2.45, 2.75) is 46.6 Å². The molecule has 1 fully saturated rings. The molecule has 0 saturated carbocycles. The first kappa shape index (κ1) is 17.6. The number of carbonyl (C=O) groups is 1. The van der Waals surface area contributed by atoms with Crippen molar-refractivity contribution in [3.05, 3.63) is 24.3 Å². The lowest BCUT2D eigenvalue weighted by Gasteiger charge is -2.33. The van der Waals surface area contributed by atoms with E-state index in [1.807, 2.05) is 52.0 Å². The Labute approximate surface area is 138 Å². The van der Waals surface area contributed by atoms with Crippen LogP contribution in [0.3, 0.4) is 0 Å². The summed E-state index contributed by atoms with van der Waals surface area (Å²) >= 11 is 0. The highest BCUT2D eigenvalue weighted by Crippen LogP contribution is 2.29. The van der Waals surface area contributed by atoms with Gasteiger partial charge in [0.2, 0.25) is 0 Å². The molecule has 2 rings (SSSR count). The van der Waals surface area contributed by atoms with Crippen LogP contribution in [0.1, 0.15) is 40.5 Å². The van der Waals surface area contributed by atoms with Gasteiger partial charge in [-0.15, -0.1) is 5.06 Å². The lowest BCUT2D eigenvalue weighted by atomic mass is 9.98. The number of hydrogen-bond acceptors (Lipinski definition) is 5. The first-order valence-corrected chi connectivity index (χ1v) is 8.26. The molecule has 0 amide bonds. The van der Waals surface area contributed by atoms with Crippen LogP contribution < -0.4 is 9.47 Å². The van der Waals surface area contributed by atoms with Crippen LogP contribution in [0.25, 0.3) is 0 Å². The van der Waals surface area contributed by atoms with Crippen molar-refractivity contribution in [3.63, 3.8) is 0 Å². The Kier molecular flexibility index (Phi) is 5.88. The standard InChI is InChI=1S/C18H27NO4/c1-5-21-15-10-6-7-11-16(15)22-14-9-8-12-19(13-14)23-17(20)18(2,3)4/h6-7,10-11,14H,5,8-9,12-13H2,1-4H3/t14-/m1/s1. The highest BCUT2D eigenvalue weighted by atomic mass is 16.7. The molecule has 23 heavy (non-hydrogen) atoms. The summed E-state index contributed by atoms with van der Waals surface area (Å²) in [5.74, 6) is 1.27. The molecule has 0 radical (unpaired) electrons. The quantitative estimate of drug-likeness (QED) is 0.831. The van der Waals surface area contributed by atoms with Crippen molar-refractivity contribution in [2.75, 3.05) is 19.7 Å². The molecule has 1 saturated heterocycles. The monoisotopic (exact) mass is 321 g/mol. The minimum Gasteiger partial charge on any atom is -0.490 e. The topological polar surface area (TPSA) is 48.0 Å². The zero-order valence-corrected chi connectivity index (χ0v) is 14.5. The smallest absolute Gasteiger partial charge is 0.330 e. The van der Waals surface area contributed by atoms with E-state index in [4.69, 9.17) is 14.3 Å². The molecule has 0 unspecified atom stereocenters. The Bertz CT molecular complexity index is 524. The molecule has 1 heterocycles. The van der Waals surface area contributed by atoms with E-state index in [9.17, 15) is 4.79 Å². The molecule has 1 aromatic rings. The zero-order valence-electron chi connectivity index (χ0n) is 14.5. The molecule has 5 nitrogen and oxygen atoms in total. The van der Waals surface area contributed by atoms with Crippen LogP contribution in [0.15, 0.2) is 24.3 Å². The number of benzene rings is 1. The summed E-state index contributed by atoms with van der Waals surface area (Å²) in [5.41, 5.74) is -0.505. The fourth-order valence-corrected chi connectivity index (χ4v) is 2.34. The van der Waals surface area contributed by atoms with E-state index in [-0.39, 0.29) is 12.1 Å².